The first-order valence-corrected chi connectivity index (χ1v) is 8.35. The van der Waals surface area contributed by atoms with E-state index in [4.69, 9.17) is 16.0 Å². The van der Waals surface area contributed by atoms with Crippen molar-refractivity contribution in [2.75, 3.05) is 5.32 Å². The molecule has 8 nitrogen and oxygen atoms in total. The Morgan fingerprint density at radius 3 is 2.79 bits per heavy atom. The van der Waals surface area contributed by atoms with E-state index in [1.54, 1.807) is 18.2 Å². The van der Waals surface area contributed by atoms with Crippen molar-refractivity contribution in [1.29, 1.82) is 0 Å². The van der Waals surface area contributed by atoms with Crippen molar-refractivity contribution in [2.24, 2.45) is 0 Å². The van der Waals surface area contributed by atoms with E-state index in [-0.39, 0.29) is 16.9 Å². The molecule has 0 saturated carbocycles. The molecule has 3 aromatic rings. The second-order valence-electron chi connectivity index (χ2n) is 4.27. The molecule has 122 valence electrons. The smallest absolute Gasteiger partial charge is 0.324 e. The second-order valence-corrected chi connectivity index (χ2v) is 7.08. The Morgan fingerprint density at radius 1 is 1.29 bits per heavy atom. The average molecular weight is 383 g/mol. The number of thiophene rings is 2. The molecule has 11 heteroatoms. The quantitative estimate of drug-likeness (QED) is 0.404. The fourth-order valence-electron chi connectivity index (χ4n) is 1.64. The predicted octanol–water partition coefficient (Wildman–Crippen LogP) is 4.07. The third kappa shape index (κ3) is 3.85. The number of carbonyl (C=O) groups is 1. The Bertz CT molecular complexity index is 930. The van der Waals surface area contributed by atoms with Crippen molar-refractivity contribution >= 4 is 57.3 Å². The molecule has 24 heavy (non-hydrogen) atoms. The van der Waals surface area contributed by atoms with Crippen molar-refractivity contribution in [3.05, 3.63) is 49.7 Å². The molecule has 0 fully saturated rings. The number of anilines is 1. The lowest BCUT2D eigenvalue weighted by Crippen LogP contribution is -2.07. The van der Waals surface area contributed by atoms with Crippen LogP contribution in [0.1, 0.15) is 4.88 Å². The zero-order valence-electron chi connectivity index (χ0n) is 11.6. The van der Waals surface area contributed by atoms with Gasteiger partial charge in [-0.05, 0) is 24.3 Å². The molecule has 1 amide bonds. The van der Waals surface area contributed by atoms with Gasteiger partial charge in [0.05, 0.1) is 14.1 Å². The van der Waals surface area contributed by atoms with E-state index < -0.39 is 10.8 Å². The Kier molecular flexibility index (Phi) is 4.69. The van der Waals surface area contributed by atoms with Gasteiger partial charge in [0, 0.05) is 17.0 Å². The molecule has 0 atom stereocenters. The molecule has 1 N–H and O–H groups in total. The van der Waals surface area contributed by atoms with Gasteiger partial charge in [0.2, 0.25) is 0 Å². The van der Waals surface area contributed by atoms with Gasteiger partial charge < -0.3 is 4.42 Å². The Morgan fingerprint density at radius 2 is 2.12 bits per heavy atom. The lowest BCUT2D eigenvalue weighted by molar-refractivity contribution is -0.380. The van der Waals surface area contributed by atoms with Crippen molar-refractivity contribution < 1.29 is 14.1 Å². The molecule has 3 rings (SSSR count). The summed E-state index contributed by atoms with van der Waals surface area (Å²) in [6, 6.07) is 6.31. The SMILES string of the molecule is O=C(/C=C/c1ccc([N+](=O)[O-])s1)Nc1nnc(-c2ccc(Cl)s2)o1. The van der Waals surface area contributed by atoms with E-state index in [1.165, 1.54) is 29.6 Å². The number of amides is 1. The predicted molar refractivity (Wildman–Crippen MR) is 91.3 cm³/mol. The van der Waals surface area contributed by atoms with Crippen LogP contribution in [0.15, 0.2) is 34.8 Å². The number of carbonyl (C=O) groups excluding carboxylic acids is 1. The zero-order valence-corrected chi connectivity index (χ0v) is 14.0. The van der Waals surface area contributed by atoms with Crippen LogP contribution < -0.4 is 5.32 Å². The van der Waals surface area contributed by atoms with Crippen molar-refractivity contribution in [3.8, 4) is 10.8 Å². The number of nitrogens with one attached hydrogen (secondary N) is 1. The van der Waals surface area contributed by atoms with Crippen molar-refractivity contribution in [1.82, 2.24) is 10.2 Å². The van der Waals surface area contributed by atoms with Gasteiger partial charge in [-0.25, -0.2) is 0 Å². The van der Waals surface area contributed by atoms with Crippen LogP contribution in [-0.2, 0) is 4.79 Å². The number of hydrogen-bond donors (Lipinski definition) is 1. The van der Waals surface area contributed by atoms with Crippen molar-refractivity contribution in [3.63, 3.8) is 0 Å². The monoisotopic (exact) mass is 382 g/mol. The van der Waals surface area contributed by atoms with Crippen LogP contribution in [0.2, 0.25) is 4.34 Å². The molecule has 0 saturated heterocycles. The van der Waals surface area contributed by atoms with Gasteiger partial charge >= 0.3 is 11.0 Å². The lowest BCUT2D eigenvalue weighted by atomic mass is 10.4. The minimum absolute atomic E-state index is 0.00575. The molecular weight excluding hydrogens is 376 g/mol. The minimum Gasteiger partial charge on any atom is -0.402 e. The van der Waals surface area contributed by atoms with Crippen molar-refractivity contribution in [2.45, 2.75) is 0 Å². The molecule has 0 spiro atoms. The highest BCUT2D eigenvalue weighted by Gasteiger charge is 2.12. The maximum atomic E-state index is 11.8. The van der Waals surface area contributed by atoms with E-state index in [1.807, 2.05) is 0 Å². The normalized spacial score (nSPS) is 11.0. The number of hydrogen-bond acceptors (Lipinski definition) is 8. The fraction of sp³-hybridized carbons (Fsp3) is 0. The first kappa shape index (κ1) is 16.3. The summed E-state index contributed by atoms with van der Waals surface area (Å²) < 4.78 is 5.90. The minimum atomic E-state index is -0.495. The molecule has 0 unspecified atom stereocenters. The largest absolute Gasteiger partial charge is 0.402 e. The Balaban J connectivity index is 1.63. The van der Waals surface area contributed by atoms with Crippen LogP contribution >= 0.6 is 34.3 Å². The number of rotatable bonds is 5. The van der Waals surface area contributed by atoms with Crippen LogP contribution in [-0.4, -0.2) is 21.0 Å². The van der Waals surface area contributed by atoms with E-state index >= 15 is 0 Å². The lowest BCUT2D eigenvalue weighted by Gasteiger charge is -1.93. The summed E-state index contributed by atoms with van der Waals surface area (Å²) in [4.78, 5) is 23.2. The van der Waals surface area contributed by atoms with Crippen LogP contribution in [0.4, 0.5) is 11.0 Å². The Hall–Kier alpha value is -2.56. The summed E-state index contributed by atoms with van der Waals surface area (Å²) >= 11 is 8.07. The highest BCUT2D eigenvalue weighted by Crippen LogP contribution is 2.30. The maximum Gasteiger partial charge on any atom is 0.324 e. The number of aromatic nitrogens is 2. The summed E-state index contributed by atoms with van der Waals surface area (Å²) in [6.45, 7) is 0. The molecule has 0 aromatic carbocycles. The topological polar surface area (TPSA) is 111 Å². The molecule has 3 aromatic heterocycles. The van der Waals surface area contributed by atoms with Gasteiger partial charge in [0.25, 0.3) is 11.8 Å². The van der Waals surface area contributed by atoms with Crippen LogP contribution in [0.25, 0.3) is 16.8 Å². The van der Waals surface area contributed by atoms with E-state index in [9.17, 15) is 14.9 Å². The van der Waals surface area contributed by atoms with Gasteiger partial charge in [-0.1, -0.05) is 28.0 Å². The summed E-state index contributed by atoms with van der Waals surface area (Å²) in [5.41, 5.74) is 0. The third-order valence-electron chi connectivity index (χ3n) is 2.63. The summed E-state index contributed by atoms with van der Waals surface area (Å²) in [7, 11) is 0. The number of halogens is 1. The maximum absolute atomic E-state index is 11.8. The molecular formula is C13H7ClN4O4S2. The summed E-state index contributed by atoms with van der Waals surface area (Å²) in [5, 5.41) is 20.5. The van der Waals surface area contributed by atoms with E-state index in [0.29, 0.717) is 14.1 Å². The number of nitro groups is 1. The summed E-state index contributed by atoms with van der Waals surface area (Å²) in [5.74, 6) is -0.245. The molecule has 0 bridgehead atoms. The zero-order chi connectivity index (χ0) is 17.1. The second kappa shape index (κ2) is 6.91. The first-order valence-electron chi connectivity index (χ1n) is 6.34. The van der Waals surface area contributed by atoms with Crippen LogP contribution in [0.5, 0.6) is 0 Å². The standard InChI is InChI=1S/C13H7ClN4O4S2/c14-9-4-3-8(24-9)12-16-17-13(22-12)15-10(19)5-1-7-2-6-11(23-7)18(20)21/h1-6H,(H,15,17,19)/b5-1+. The third-order valence-corrected chi connectivity index (χ3v) is 4.85. The van der Waals surface area contributed by atoms with Crippen LogP contribution in [0, 0.1) is 10.1 Å². The highest BCUT2D eigenvalue weighted by molar-refractivity contribution is 7.19. The van der Waals surface area contributed by atoms with Gasteiger partial charge in [-0.3, -0.25) is 20.2 Å². The molecule has 3 heterocycles. The van der Waals surface area contributed by atoms with Gasteiger partial charge in [0.15, 0.2) is 0 Å². The van der Waals surface area contributed by atoms with Gasteiger partial charge in [0.1, 0.15) is 0 Å². The Labute approximate surface area is 147 Å². The summed E-state index contributed by atoms with van der Waals surface area (Å²) in [6.07, 6.45) is 2.69. The highest BCUT2D eigenvalue weighted by atomic mass is 35.5. The fourth-order valence-corrected chi connectivity index (χ4v) is 3.33. The van der Waals surface area contributed by atoms with Crippen LogP contribution in [0.3, 0.4) is 0 Å². The van der Waals surface area contributed by atoms with Gasteiger partial charge in [-0.15, -0.1) is 16.4 Å². The van der Waals surface area contributed by atoms with E-state index in [2.05, 4.69) is 15.5 Å². The number of nitrogens with zero attached hydrogens (tertiary/aromatic N) is 3. The molecule has 0 radical (unpaired) electrons. The molecule has 0 aliphatic carbocycles. The van der Waals surface area contributed by atoms with E-state index in [0.717, 1.165) is 11.3 Å². The molecule has 0 aliphatic rings. The van der Waals surface area contributed by atoms with Gasteiger partial charge in [-0.2, -0.15) is 0 Å². The molecule has 0 aliphatic heterocycles. The average Bonchev–Trinajstić information content (AvgIpc) is 3.25. The first-order chi connectivity index (χ1) is 11.5.